The summed E-state index contributed by atoms with van der Waals surface area (Å²) in [5, 5.41) is 0. The molecule has 3 atom stereocenters. The zero-order valence-electron chi connectivity index (χ0n) is 10.4. The first-order chi connectivity index (χ1) is 7.65. The second-order valence-corrected chi connectivity index (χ2v) is 4.81. The Bertz CT molecular complexity index is 375. The van der Waals surface area contributed by atoms with Crippen molar-refractivity contribution in [1.29, 1.82) is 0 Å². The quantitative estimate of drug-likeness (QED) is 0.847. The number of rotatable bonds is 3. The fourth-order valence-corrected chi connectivity index (χ4v) is 2.44. The first-order valence-electron chi connectivity index (χ1n) is 6.17. The summed E-state index contributed by atoms with van der Waals surface area (Å²) in [4.78, 5) is 0. The van der Waals surface area contributed by atoms with Crippen LogP contribution < -0.4 is 10.5 Å². The van der Waals surface area contributed by atoms with Crippen molar-refractivity contribution < 1.29 is 4.74 Å². The van der Waals surface area contributed by atoms with E-state index >= 15 is 0 Å². The molecule has 2 nitrogen and oxygen atoms in total. The summed E-state index contributed by atoms with van der Waals surface area (Å²) < 4.78 is 5.64. The summed E-state index contributed by atoms with van der Waals surface area (Å²) in [7, 11) is 0. The summed E-state index contributed by atoms with van der Waals surface area (Å²) in [5.41, 5.74) is 8.89. The van der Waals surface area contributed by atoms with Crippen LogP contribution in [0.25, 0.3) is 0 Å². The lowest BCUT2D eigenvalue weighted by Gasteiger charge is -2.13. The molecule has 1 aliphatic carbocycles. The largest absolute Gasteiger partial charge is 0.494 e. The molecule has 2 rings (SSSR count). The summed E-state index contributed by atoms with van der Waals surface area (Å²) in [6, 6.07) is 6.52. The van der Waals surface area contributed by atoms with E-state index in [0.717, 1.165) is 18.8 Å². The number of fused-ring (bicyclic) bond motifs is 1. The number of nitrogens with two attached hydrogens (primary N) is 1. The van der Waals surface area contributed by atoms with E-state index in [0.29, 0.717) is 11.8 Å². The van der Waals surface area contributed by atoms with E-state index in [4.69, 9.17) is 10.5 Å². The van der Waals surface area contributed by atoms with E-state index in [1.807, 2.05) is 0 Å². The molecule has 0 spiro atoms. The maximum atomic E-state index is 6.22. The smallest absolute Gasteiger partial charge is 0.119 e. The fourth-order valence-electron chi connectivity index (χ4n) is 2.44. The maximum Gasteiger partial charge on any atom is 0.119 e. The second-order valence-electron chi connectivity index (χ2n) is 4.81. The first-order valence-corrected chi connectivity index (χ1v) is 6.17. The van der Waals surface area contributed by atoms with Crippen LogP contribution in [0.15, 0.2) is 18.2 Å². The molecule has 1 aromatic rings. The molecule has 0 aliphatic heterocycles. The first kappa shape index (κ1) is 11.5. The van der Waals surface area contributed by atoms with Crippen LogP contribution in [-0.2, 0) is 0 Å². The fraction of sp³-hybridized carbons (Fsp3) is 0.571. The van der Waals surface area contributed by atoms with Gasteiger partial charge in [-0.1, -0.05) is 26.8 Å². The molecule has 88 valence electrons. The summed E-state index contributed by atoms with van der Waals surface area (Å²) >= 11 is 0. The van der Waals surface area contributed by atoms with Crippen molar-refractivity contribution in [3.63, 3.8) is 0 Å². The molecular formula is C14H21NO. The van der Waals surface area contributed by atoms with Gasteiger partial charge in [0.2, 0.25) is 0 Å². The maximum absolute atomic E-state index is 6.22. The van der Waals surface area contributed by atoms with Crippen LogP contribution in [0.1, 0.15) is 50.3 Å². The Labute approximate surface area is 97.8 Å². The summed E-state index contributed by atoms with van der Waals surface area (Å²) in [6.07, 6.45) is 1.04. The molecule has 1 aromatic carbocycles. The van der Waals surface area contributed by atoms with Crippen LogP contribution in [0.2, 0.25) is 0 Å². The average Bonchev–Trinajstić information content (AvgIpc) is 2.52. The molecule has 0 bridgehead atoms. The van der Waals surface area contributed by atoms with Gasteiger partial charge in [0.25, 0.3) is 0 Å². The van der Waals surface area contributed by atoms with Gasteiger partial charge in [-0.25, -0.2) is 0 Å². The zero-order chi connectivity index (χ0) is 11.7. The van der Waals surface area contributed by atoms with Crippen molar-refractivity contribution in [1.82, 2.24) is 0 Å². The van der Waals surface area contributed by atoms with Gasteiger partial charge in [-0.05, 0) is 41.5 Å². The van der Waals surface area contributed by atoms with Crippen molar-refractivity contribution in [3.05, 3.63) is 29.3 Å². The lowest BCUT2D eigenvalue weighted by atomic mass is 9.95. The highest BCUT2D eigenvalue weighted by molar-refractivity contribution is 5.43. The standard InChI is InChI=1S/C14H21NO/c1-4-7-16-11-5-6-12-9(2)10(3)14(15)13(12)8-11/h5-6,8-10,14H,4,7,15H2,1-3H3. The molecule has 0 heterocycles. The number of ether oxygens (including phenoxy) is 1. The van der Waals surface area contributed by atoms with E-state index in [-0.39, 0.29) is 6.04 Å². The average molecular weight is 219 g/mol. The van der Waals surface area contributed by atoms with Gasteiger partial charge in [0, 0.05) is 6.04 Å². The molecule has 0 saturated heterocycles. The van der Waals surface area contributed by atoms with Crippen LogP contribution in [0, 0.1) is 5.92 Å². The predicted molar refractivity (Wildman–Crippen MR) is 66.7 cm³/mol. The van der Waals surface area contributed by atoms with Crippen molar-refractivity contribution >= 4 is 0 Å². The summed E-state index contributed by atoms with van der Waals surface area (Å²) in [6.45, 7) is 7.37. The molecule has 0 radical (unpaired) electrons. The third kappa shape index (κ3) is 1.82. The Morgan fingerprint density at radius 1 is 1.25 bits per heavy atom. The van der Waals surface area contributed by atoms with Crippen molar-refractivity contribution in [2.75, 3.05) is 6.61 Å². The highest BCUT2D eigenvalue weighted by Crippen LogP contribution is 2.44. The van der Waals surface area contributed by atoms with Crippen molar-refractivity contribution in [2.24, 2.45) is 11.7 Å². The van der Waals surface area contributed by atoms with Gasteiger partial charge >= 0.3 is 0 Å². The van der Waals surface area contributed by atoms with E-state index in [2.05, 4.69) is 39.0 Å². The minimum absolute atomic E-state index is 0.162. The predicted octanol–water partition coefficient (Wildman–Crippen LogP) is 3.23. The number of hydrogen-bond acceptors (Lipinski definition) is 2. The van der Waals surface area contributed by atoms with Crippen LogP contribution in [0.3, 0.4) is 0 Å². The van der Waals surface area contributed by atoms with E-state index in [9.17, 15) is 0 Å². The molecule has 3 unspecified atom stereocenters. The second kappa shape index (κ2) is 4.46. The van der Waals surface area contributed by atoms with Gasteiger partial charge < -0.3 is 10.5 Å². The lowest BCUT2D eigenvalue weighted by molar-refractivity contribution is 0.317. The van der Waals surface area contributed by atoms with Gasteiger partial charge in [0.15, 0.2) is 0 Å². The third-order valence-corrected chi connectivity index (χ3v) is 3.74. The third-order valence-electron chi connectivity index (χ3n) is 3.74. The SMILES string of the molecule is CCCOc1ccc2c(c1)C(N)C(C)C2C. The Kier molecular flexibility index (Phi) is 3.20. The Morgan fingerprint density at radius 2 is 2.00 bits per heavy atom. The van der Waals surface area contributed by atoms with Crippen LogP contribution in [0.4, 0.5) is 0 Å². The Morgan fingerprint density at radius 3 is 2.69 bits per heavy atom. The molecule has 1 aliphatic rings. The minimum atomic E-state index is 0.162. The molecule has 0 amide bonds. The van der Waals surface area contributed by atoms with Gasteiger partial charge in [-0.3, -0.25) is 0 Å². The molecule has 0 aromatic heterocycles. The van der Waals surface area contributed by atoms with E-state index in [1.54, 1.807) is 0 Å². The summed E-state index contributed by atoms with van der Waals surface area (Å²) in [5.74, 6) is 2.04. The monoisotopic (exact) mass is 219 g/mol. The Balaban J connectivity index is 2.26. The van der Waals surface area contributed by atoms with Gasteiger partial charge in [-0.15, -0.1) is 0 Å². The van der Waals surface area contributed by atoms with E-state index in [1.165, 1.54) is 11.1 Å². The molecule has 16 heavy (non-hydrogen) atoms. The van der Waals surface area contributed by atoms with Gasteiger partial charge in [0.1, 0.15) is 5.75 Å². The topological polar surface area (TPSA) is 35.2 Å². The highest BCUT2D eigenvalue weighted by atomic mass is 16.5. The van der Waals surface area contributed by atoms with Crippen molar-refractivity contribution in [2.45, 2.75) is 39.2 Å². The van der Waals surface area contributed by atoms with Crippen LogP contribution >= 0.6 is 0 Å². The molecular weight excluding hydrogens is 198 g/mol. The van der Waals surface area contributed by atoms with Gasteiger partial charge in [0.05, 0.1) is 6.61 Å². The highest BCUT2D eigenvalue weighted by Gasteiger charge is 2.32. The Hall–Kier alpha value is -1.02. The molecule has 2 heteroatoms. The van der Waals surface area contributed by atoms with Crippen molar-refractivity contribution in [3.8, 4) is 5.75 Å². The lowest BCUT2D eigenvalue weighted by Crippen LogP contribution is -2.15. The van der Waals surface area contributed by atoms with Gasteiger partial charge in [-0.2, -0.15) is 0 Å². The zero-order valence-corrected chi connectivity index (χ0v) is 10.4. The number of benzene rings is 1. The minimum Gasteiger partial charge on any atom is -0.494 e. The molecule has 0 fully saturated rings. The molecule has 2 N–H and O–H groups in total. The normalized spacial score (nSPS) is 27.9. The van der Waals surface area contributed by atoms with Crippen LogP contribution in [0.5, 0.6) is 5.75 Å². The molecule has 0 saturated carbocycles. The van der Waals surface area contributed by atoms with E-state index < -0.39 is 0 Å². The van der Waals surface area contributed by atoms with Crippen LogP contribution in [-0.4, -0.2) is 6.61 Å². The number of hydrogen-bond donors (Lipinski definition) is 1.